The molecule has 0 radical (unpaired) electrons. The molecule has 0 aliphatic carbocycles. The predicted molar refractivity (Wildman–Crippen MR) is 268 cm³/mol. The van der Waals surface area contributed by atoms with Crippen molar-refractivity contribution in [1.82, 2.24) is 30.0 Å². The van der Waals surface area contributed by atoms with Crippen molar-refractivity contribution in [3.63, 3.8) is 0 Å². The van der Waals surface area contributed by atoms with Crippen LogP contribution in [0.1, 0.15) is 65.2 Å². The normalized spacial score (nSPS) is 14.7. The van der Waals surface area contributed by atoms with Gasteiger partial charge in [0.05, 0.1) is 33.4 Å². The fraction of sp³-hybridized carbons (Fsp3) is 0.345. The molecule has 0 saturated carbocycles. The summed E-state index contributed by atoms with van der Waals surface area (Å²) in [6.45, 7) is 9.08. The molecule has 6 aromatic rings. The number of likely N-dealkylation sites (N-methyl/N-ethyl adjacent to an activating group) is 1. The van der Waals surface area contributed by atoms with Crippen LogP contribution in [0.5, 0.6) is 0 Å². The third kappa shape index (κ3) is 14.2. The molecule has 1 N–H and O–H groups in total. The number of alkyl halides is 12. The zero-order valence-electron chi connectivity index (χ0n) is 42.4. The van der Waals surface area contributed by atoms with Gasteiger partial charge in [-0.1, -0.05) is 48.5 Å². The Bertz CT molecular complexity index is 3010. The van der Waals surface area contributed by atoms with Crippen molar-refractivity contribution in [1.29, 1.82) is 0 Å². The maximum Gasteiger partial charge on any atom is 0.416 e. The number of carbonyl (C=O) groups excluding carboxylic acids is 2. The Balaban J connectivity index is 0.000000224. The van der Waals surface area contributed by atoms with Crippen molar-refractivity contribution in [2.75, 3.05) is 83.3 Å². The Hall–Kier alpha value is -7.20. The highest BCUT2D eigenvalue weighted by Gasteiger charge is 2.39. The molecule has 22 heteroatoms. The number of nitrogens with zero attached hydrogens (tertiary/aromatic N) is 7. The summed E-state index contributed by atoms with van der Waals surface area (Å²) in [7, 11) is 4.71. The van der Waals surface area contributed by atoms with E-state index in [2.05, 4.69) is 30.0 Å². The highest BCUT2D eigenvalue weighted by Crippen LogP contribution is 2.39. The molecule has 10 nitrogen and oxygen atoms in total. The molecule has 2 aliphatic rings. The van der Waals surface area contributed by atoms with Gasteiger partial charge in [0.1, 0.15) is 11.6 Å². The third-order valence-corrected chi connectivity index (χ3v) is 13.2. The molecule has 2 aromatic heterocycles. The fourth-order valence-electron chi connectivity index (χ4n) is 9.02. The molecule has 0 unspecified atom stereocenters. The number of carbonyl (C=O) groups is 2. The zero-order chi connectivity index (χ0) is 56.2. The van der Waals surface area contributed by atoms with Gasteiger partial charge in [0.2, 0.25) is 0 Å². The van der Waals surface area contributed by atoms with Gasteiger partial charge in [0, 0.05) is 91.9 Å². The molecular formula is C55H54F12N8O2. The maximum absolute atomic E-state index is 13.6. The molecule has 0 bridgehead atoms. The van der Waals surface area contributed by atoms with Crippen molar-refractivity contribution < 1.29 is 62.3 Å². The van der Waals surface area contributed by atoms with Gasteiger partial charge in [-0.15, -0.1) is 0 Å². The number of amides is 2. The molecule has 4 aromatic carbocycles. The quantitative estimate of drug-likeness (QED) is 0.136. The number of benzene rings is 4. The van der Waals surface area contributed by atoms with Crippen molar-refractivity contribution in [3.05, 3.63) is 165 Å². The van der Waals surface area contributed by atoms with Gasteiger partial charge in [-0.25, -0.2) is 9.97 Å². The molecule has 4 heterocycles. The minimum Gasteiger partial charge on any atom is -0.354 e. The number of hydrogen-bond donors (Lipinski definition) is 1. The van der Waals surface area contributed by atoms with E-state index in [-0.39, 0.29) is 34.4 Å². The Labute approximate surface area is 436 Å². The summed E-state index contributed by atoms with van der Waals surface area (Å²) in [5, 5.41) is 3.26. The topological polar surface area (TPSA) is 88.1 Å². The number of anilines is 2. The number of pyridine rings is 2. The van der Waals surface area contributed by atoms with Crippen LogP contribution < -0.4 is 15.1 Å². The minimum atomic E-state index is -4.97. The van der Waals surface area contributed by atoms with Gasteiger partial charge in [-0.05, 0) is 114 Å². The SMILES string of the molecule is Cc1ccccc1-c1cc(N2CCN(C)CC2)ncc1C(=O)N(C)Cc1cc(C(F)(F)F)cc(C(F)(F)F)c1.Cc1ccccc1-c1cc(N2CCNCC2)ncc1C(=O)N(C)Cc1cc(C(F)(F)F)cc(C(F)(F)F)c1. The summed E-state index contributed by atoms with van der Waals surface area (Å²) in [6, 6.07) is 21.2. The lowest BCUT2D eigenvalue weighted by molar-refractivity contribution is -0.144. The second kappa shape index (κ2) is 23.2. The Morgan fingerprint density at radius 2 is 0.831 bits per heavy atom. The Morgan fingerprint density at radius 1 is 0.494 bits per heavy atom. The number of aryl methyl sites for hydroxylation is 2. The van der Waals surface area contributed by atoms with Crippen molar-refractivity contribution in [3.8, 4) is 22.3 Å². The van der Waals surface area contributed by atoms with Gasteiger partial charge in [-0.2, -0.15) is 52.7 Å². The summed E-state index contributed by atoms with van der Waals surface area (Å²) in [5.74, 6) is 0.218. The second-order valence-electron chi connectivity index (χ2n) is 19.0. The molecule has 2 aliphatic heterocycles. The monoisotopic (exact) mass is 1090 g/mol. The molecular weight excluding hydrogens is 1030 g/mol. The van der Waals surface area contributed by atoms with Crippen LogP contribution in [0, 0.1) is 13.8 Å². The van der Waals surface area contributed by atoms with Gasteiger partial charge in [0.15, 0.2) is 0 Å². The Morgan fingerprint density at radius 3 is 1.17 bits per heavy atom. The summed E-state index contributed by atoms with van der Waals surface area (Å²) < 4.78 is 160. The third-order valence-electron chi connectivity index (χ3n) is 13.2. The zero-order valence-corrected chi connectivity index (χ0v) is 42.4. The average Bonchev–Trinajstić information content (AvgIpc) is 3.38. The largest absolute Gasteiger partial charge is 0.416 e. The van der Waals surface area contributed by atoms with E-state index in [4.69, 9.17) is 0 Å². The molecule has 2 saturated heterocycles. The molecule has 410 valence electrons. The molecule has 2 amide bonds. The minimum absolute atomic E-state index is 0.0698. The van der Waals surface area contributed by atoms with E-state index in [9.17, 15) is 62.3 Å². The van der Waals surface area contributed by atoms with Gasteiger partial charge in [-0.3, -0.25) is 9.59 Å². The molecule has 0 atom stereocenters. The van der Waals surface area contributed by atoms with Crippen LogP contribution in [0.15, 0.2) is 109 Å². The van der Waals surface area contributed by atoms with Crippen LogP contribution in [0.25, 0.3) is 22.3 Å². The van der Waals surface area contributed by atoms with Crippen LogP contribution in [0.2, 0.25) is 0 Å². The van der Waals surface area contributed by atoms with E-state index in [1.54, 1.807) is 6.07 Å². The second-order valence-corrected chi connectivity index (χ2v) is 19.0. The number of piperazine rings is 2. The van der Waals surface area contributed by atoms with Crippen molar-refractivity contribution >= 4 is 23.5 Å². The maximum atomic E-state index is 13.6. The molecule has 77 heavy (non-hydrogen) atoms. The lowest BCUT2D eigenvalue weighted by Gasteiger charge is -2.33. The van der Waals surface area contributed by atoms with Crippen LogP contribution in [-0.4, -0.2) is 110 Å². The van der Waals surface area contributed by atoms with Gasteiger partial charge in [0.25, 0.3) is 11.8 Å². The number of halogens is 12. The highest BCUT2D eigenvalue weighted by atomic mass is 19.4. The smallest absolute Gasteiger partial charge is 0.354 e. The van der Waals surface area contributed by atoms with Gasteiger partial charge >= 0.3 is 24.7 Å². The van der Waals surface area contributed by atoms with Crippen LogP contribution in [-0.2, 0) is 37.8 Å². The van der Waals surface area contributed by atoms with Crippen LogP contribution >= 0.6 is 0 Å². The Kier molecular flexibility index (Phi) is 17.3. The van der Waals surface area contributed by atoms with Gasteiger partial charge < -0.3 is 29.8 Å². The van der Waals surface area contributed by atoms with E-state index in [1.165, 1.54) is 26.5 Å². The number of hydrogen-bond acceptors (Lipinski definition) is 8. The van der Waals surface area contributed by atoms with Crippen molar-refractivity contribution in [2.45, 2.75) is 51.6 Å². The lowest BCUT2D eigenvalue weighted by atomic mass is 9.96. The number of rotatable bonds is 10. The van der Waals surface area contributed by atoms with Crippen LogP contribution in [0.3, 0.4) is 0 Å². The molecule has 8 rings (SSSR count). The van der Waals surface area contributed by atoms with Crippen molar-refractivity contribution in [2.24, 2.45) is 0 Å². The summed E-state index contributed by atoms with van der Waals surface area (Å²) in [5.41, 5.74) is -1.33. The number of nitrogens with one attached hydrogen (secondary N) is 1. The summed E-state index contributed by atoms with van der Waals surface area (Å²) in [6.07, 6.45) is -17.0. The summed E-state index contributed by atoms with van der Waals surface area (Å²) in [4.78, 5) is 44.7. The van der Waals surface area contributed by atoms with E-state index in [0.717, 1.165) is 84.4 Å². The summed E-state index contributed by atoms with van der Waals surface area (Å²) >= 11 is 0. The molecule has 0 spiro atoms. The highest BCUT2D eigenvalue weighted by molar-refractivity contribution is 6.02. The standard InChI is InChI=1S/C28H28F6N4O.C27H26F6N4O/c1-18-6-4-5-7-22(18)23-15-25(38-10-8-36(2)9-11-38)35-16-24(23)26(39)37(3)17-19-12-20(27(29,30)31)14-21(13-19)28(32,33)34;1-17-5-3-4-6-21(17)22-14-24(37-9-7-34-8-10-37)35-15-23(22)25(38)36(2)16-18-11-19(26(28,29)30)13-20(12-18)27(31,32)33/h4-7,12-16H,8-11,17H2,1-3H3;3-6,11-15,34H,7-10,16H2,1-2H3. The first-order chi connectivity index (χ1) is 36.1. The van der Waals surface area contributed by atoms with E-state index in [1.807, 2.05) is 75.5 Å². The van der Waals surface area contributed by atoms with E-state index in [0.29, 0.717) is 47.0 Å². The fourth-order valence-corrected chi connectivity index (χ4v) is 9.02. The number of aromatic nitrogens is 2. The average molecular weight is 1090 g/mol. The molecule has 2 fully saturated rings. The predicted octanol–water partition coefficient (Wildman–Crippen LogP) is 11.9. The van der Waals surface area contributed by atoms with E-state index >= 15 is 0 Å². The first-order valence-electron chi connectivity index (χ1n) is 24.2. The first-order valence-corrected chi connectivity index (χ1v) is 24.2. The van der Waals surface area contributed by atoms with E-state index < -0.39 is 71.9 Å². The van der Waals surface area contributed by atoms with Crippen LogP contribution in [0.4, 0.5) is 64.3 Å². The first kappa shape index (κ1) is 57.5. The lowest BCUT2D eigenvalue weighted by Crippen LogP contribution is -2.44.